The van der Waals surface area contributed by atoms with Gasteiger partial charge in [-0.15, -0.1) is 0 Å². The number of carbonyl (C=O) groups excluding carboxylic acids is 1. The molecule has 0 radical (unpaired) electrons. The Morgan fingerprint density at radius 3 is 3.05 bits per heavy atom. The average molecular weight is 294 g/mol. The van der Waals surface area contributed by atoms with E-state index in [0.29, 0.717) is 18.9 Å². The monoisotopic (exact) mass is 294 g/mol. The highest BCUT2D eigenvalue weighted by molar-refractivity contribution is 5.75. The second-order valence-corrected chi connectivity index (χ2v) is 5.56. The molecule has 2 atom stereocenters. The zero-order valence-corrected chi connectivity index (χ0v) is 12.4. The molecule has 21 heavy (non-hydrogen) atoms. The number of hydrogen-bond donors (Lipinski definition) is 2. The Bertz CT molecular complexity index is 461. The van der Waals surface area contributed by atoms with E-state index in [1.165, 1.54) is 6.07 Å². The molecular formula is C16H23FN2O2. The summed E-state index contributed by atoms with van der Waals surface area (Å²) in [7, 11) is 0. The van der Waals surface area contributed by atoms with E-state index in [4.69, 9.17) is 4.74 Å². The molecule has 1 fully saturated rings. The molecule has 1 aromatic rings. The van der Waals surface area contributed by atoms with Gasteiger partial charge in [-0.2, -0.15) is 0 Å². The summed E-state index contributed by atoms with van der Waals surface area (Å²) in [5, 5.41) is 6.13. The maximum atomic E-state index is 13.4. The van der Waals surface area contributed by atoms with Gasteiger partial charge in [0, 0.05) is 6.42 Å². The zero-order chi connectivity index (χ0) is 15.1. The highest BCUT2D eigenvalue weighted by atomic mass is 19.1. The lowest BCUT2D eigenvalue weighted by Gasteiger charge is -2.16. The number of carbonyl (C=O) groups is 1. The molecule has 1 aliphatic rings. The fourth-order valence-electron chi connectivity index (χ4n) is 2.44. The molecule has 1 aliphatic heterocycles. The van der Waals surface area contributed by atoms with Crippen molar-refractivity contribution in [2.75, 3.05) is 19.6 Å². The molecular weight excluding hydrogens is 271 g/mol. The minimum absolute atomic E-state index is 0.0332. The molecule has 2 N–H and O–H groups in total. The number of halogens is 1. The van der Waals surface area contributed by atoms with Crippen LogP contribution in [-0.4, -0.2) is 31.6 Å². The van der Waals surface area contributed by atoms with Crippen molar-refractivity contribution in [2.24, 2.45) is 5.92 Å². The molecule has 116 valence electrons. The lowest BCUT2D eigenvalue weighted by Crippen LogP contribution is -2.33. The fourth-order valence-corrected chi connectivity index (χ4v) is 2.44. The van der Waals surface area contributed by atoms with Crippen molar-refractivity contribution in [3.05, 3.63) is 30.1 Å². The maximum absolute atomic E-state index is 13.4. The van der Waals surface area contributed by atoms with E-state index in [9.17, 15) is 9.18 Å². The predicted molar refractivity (Wildman–Crippen MR) is 79.7 cm³/mol. The lowest BCUT2D eigenvalue weighted by molar-refractivity contribution is -0.121. The highest BCUT2D eigenvalue weighted by Crippen LogP contribution is 2.17. The molecule has 2 unspecified atom stereocenters. The van der Waals surface area contributed by atoms with E-state index >= 15 is 0 Å². The van der Waals surface area contributed by atoms with Gasteiger partial charge in [-0.1, -0.05) is 12.1 Å². The van der Waals surface area contributed by atoms with Crippen LogP contribution in [0.3, 0.4) is 0 Å². The first-order valence-corrected chi connectivity index (χ1v) is 7.53. The highest BCUT2D eigenvalue weighted by Gasteiger charge is 2.16. The van der Waals surface area contributed by atoms with Gasteiger partial charge >= 0.3 is 0 Å². The van der Waals surface area contributed by atoms with Gasteiger partial charge in [0.15, 0.2) is 11.6 Å². The van der Waals surface area contributed by atoms with E-state index in [0.717, 1.165) is 25.9 Å². The second kappa shape index (κ2) is 7.98. The largest absolute Gasteiger partial charge is 0.486 e. The third-order valence-electron chi connectivity index (χ3n) is 3.69. The average Bonchev–Trinajstić information content (AvgIpc) is 2.99. The number of benzene rings is 1. The second-order valence-electron chi connectivity index (χ2n) is 5.56. The molecule has 2 rings (SSSR count). The van der Waals surface area contributed by atoms with Crippen LogP contribution in [0.5, 0.6) is 5.75 Å². The van der Waals surface area contributed by atoms with Crippen molar-refractivity contribution in [3.63, 3.8) is 0 Å². The maximum Gasteiger partial charge on any atom is 0.220 e. The van der Waals surface area contributed by atoms with Crippen LogP contribution in [0.25, 0.3) is 0 Å². The van der Waals surface area contributed by atoms with Crippen molar-refractivity contribution >= 4 is 5.91 Å². The quantitative estimate of drug-likeness (QED) is 0.809. The molecule has 4 nitrogen and oxygen atoms in total. The van der Waals surface area contributed by atoms with Crippen molar-refractivity contribution < 1.29 is 13.9 Å². The van der Waals surface area contributed by atoms with Crippen LogP contribution in [0.2, 0.25) is 0 Å². The number of ether oxygens (including phenoxy) is 1. The molecule has 0 aromatic heterocycles. The molecule has 0 saturated carbocycles. The number of hydrogen-bond acceptors (Lipinski definition) is 3. The van der Waals surface area contributed by atoms with Gasteiger partial charge in [0.2, 0.25) is 5.91 Å². The van der Waals surface area contributed by atoms with Crippen LogP contribution in [-0.2, 0) is 4.79 Å². The molecule has 1 aromatic carbocycles. The van der Waals surface area contributed by atoms with Crippen molar-refractivity contribution in [3.8, 4) is 5.75 Å². The van der Waals surface area contributed by atoms with Crippen LogP contribution >= 0.6 is 0 Å². The Morgan fingerprint density at radius 1 is 1.52 bits per heavy atom. The molecule has 1 heterocycles. The van der Waals surface area contributed by atoms with Crippen LogP contribution in [0, 0.1) is 11.7 Å². The summed E-state index contributed by atoms with van der Waals surface area (Å²) in [4.78, 5) is 11.8. The Kier molecular flexibility index (Phi) is 5.99. The van der Waals surface area contributed by atoms with Crippen LogP contribution in [0.15, 0.2) is 24.3 Å². The number of rotatable bonds is 7. The Hall–Kier alpha value is -1.62. The SMILES string of the molecule is CC(CNC(=O)CCC1CCNC1)Oc1ccccc1F. The molecule has 0 bridgehead atoms. The van der Waals surface area contributed by atoms with Crippen LogP contribution in [0.1, 0.15) is 26.2 Å². The fraction of sp³-hybridized carbons (Fsp3) is 0.562. The van der Waals surface area contributed by atoms with E-state index in [2.05, 4.69) is 10.6 Å². The summed E-state index contributed by atoms with van der Waals surface area (Å²) in [6, 6.07) is 6.28. The van der Waals surface area contributed by atoms with Crippen LogP contribution < -0.4 is 15.4 Å². The minimum atomic E-state index is -0.385. The van der Waals surface area contributed by atoms with Gasteiger partial charge in [-0.05, 0) is 50.9 Å². The summed E-state index contributed by atoms with van der Waals surface area (Å²) in [6.45, 7) is 4.27. The molecule has 0 aliphatic carbocycles. The van der Waals surface area contributed by atoms with Gasteiger partial charge in [0.25, 0.3) is 0 Å². The van der Waals surface area contributed by atoms with E-state index in [1.54, 1.807) is 18.2 Å². The molecule has 1 saturated heterocycles. The number of nitrogens with one attached hydrogen (secondary N) is 2. The van der Waals surface area contributed by atoms with Gasteiger partial charge < -0.3 is 15.4 Å². The third-order valence-corrected chi connectivity index (χ3v) is 3.69. The van der Waals surface area contributed by atoms with E-state index in [-0.39, 0.29) is 23.6 Å². The van der Waals surface area contributed by atoms with E-state index in [1.807, 2.05) is 6.92 Å². The first-order valence-electron chi connectivity index (χ1n) is 7.53. The Labute approximate surface area is 125 Å². The lowest BCUT2D eigenvalue weighted by atomic mass is 10.0. The summed E-state index contributed by atoms with van der Waals surface area (Å²) in [6.07, 6.45) is 2.35. The van der Waals surface area contributed by atoms with Crippen molar-refractivity contribution in [1.82, 2.24) is 10.6 Å². The standard InChI is InChI=1S/C16H23FN2O2/c1-12(21-15-5-3-2-4-14(15)17)10-19-16(20)7-6-13-8-9-18-11-13/h2-5,12-13,18H,6-11H2,1H3,(H,19,20). The van der Waals surface area contributed by atoms with Crippen molar-refractivity contribution in [2.45, 2.75) is 32.3 Å². The number of para-hydroxylation sites is 1. The summed E-state index contributed by atoms with van der Waals surface area (Å²) in [5.74, 6) is 0.481. The van der Waals surface area contributed by atoms with Gasteiger partial charge in [0.05, 0.1) is 6.54 Å². The van der Waals surface area contributed by atoms with Gasteiger partial charge in [0.1, 0.15) is 6.10 Å². The molecule has 5 heteroatoms. The van der Waals surface area contributed by atoms with Gasteiger partial charge in [-0.25, -0.2) is 4.39 Å². The Balaban J connectivity index is 1.65. The summed E-state index contributed by atoms with van der Waals surface area (Å²) in [5.41, 5.74) is 0. The first-order chi connectivity index (χ1) is 10.1. The first kappa shape index (κ1) is 15.8. The summed E-state index contributed by atoms with van der Waals surface area (Å²) >= 11 is 0. The molecule has 0 spiro atoms. The van der Waals surface area contributed by atoms with Gasteiger partial charge in [-0.3, -0.25) is 4.79 Å². The summed E-state index contributed by atoms with van der Waals surface area (Å²) < 4.78 is 18.9. The molecule has 1 amide bonds. The van der Waals surface area contributed by atoms with Crippen molar-refractivity contribution in [1.29, 1.82) is 0 Å². The normalized spacial score (nSPS) is 19.2. The van der Waals surface area contributed by atoms with Crippen LogP contribution in [0.4, 0.5) is 4.39 Å². The van der Waals surface area contributed by atoms with E-state index < -0.39 is 0 Å². The smallest absolute Gasteiger partial charge is 0.220 e. The topological polar surface area (TPSA) is 50.4 Å². The third kappa shape index (κ3) is 5.34. The number of amides is 1. The predicted octanol–water partition coefficient (Wildman–Crippen LogP) is 2.10. The Morgan fingerprint density at radius 2 is 2.33 bits per heavy atom. The zero-order valence-electron chi connectivity index (χ0n) is 12.4. The minimum Gasteiger partial charge on any atom is -0.486 e.